The molecule has 2 saturated heterocycles. The Balaban J connectivity index is 1.60. The number of hydrogen-bond acceptors (Lipinski definition) is 3. The average molecular weight is 295 g/mol. The number of carbonyl (C=O) groups excluding carboxylic acids is 1. The molecule has 3 aliphatic rings. The monoisotopic (exact) mass is 295 g/mol. The van der Waals surface area contributed by atoms with Crippen LogP contribution >= 0.6 is 0 Å². The van der Waals surface area contributed by atoms with Crippen LogP contribution in [0.1, 0.15) is 44.9 Å². The zero-order valence-electron chi connectivity index (χ0n) is 12.5. The topological polar surface area (TPSA) is 72.9 Å². The van der Waals surface area contributed by atoms with Crippen molar-refractivity contribution in [3.63, 3.8) is 0 Å². The summed E-state index contributed by atoms with van der Waals surface area (Å²) in [4.78, 5) is 28.0. The third-order valence-electron chi connectivity index (χ3n) is 5.30. The van der Waals surface area contributed by atoms with E-state index in [1.165, 1.54) is 12.8 Å². The zero-order valence-corrected chi connectivity index (χ0v) is 12.5. The van der Waals surface area contributed by atoms with Crippen molar-refractivity contribution in [2.24, 2.45) is 0 Å². The Morgan fingerprint density at radius 1 is 1.14 bits per heavy atom. The van der Waals surface area contributed by atoms with Crippen LogP contribution in [0, 0.1) is 0 Å². The number of rotatable bonds is 3. The summed E-state index contributed by atoms with van der Waals surface area (Å²) in [7, 11) is 0. The molecule has 3 fully saturated rings. The van der Waals surface area contributed by atoms with E-state index in [0.717, 1.165) is 51.9 Å². The lowest BCUT2D eigenvalue weighted by Gasteiger charge is -2.39. The van der Waals surface area contributed by atoms with Gasteiger partial charge in [0.1, 0.15) is 0 Å². The third-order valence-corrected chi connectivity index (χ3v) is 5.30. The van der Waals surface area contributed by atoms with Gasteiger partial charge in [-0.3, -0.25) is 9.69 Å². The van der Waals surface area contributed by atoms with E-state index in [-0.39, 0.29) is 12.5 Å². The molecule has 0 aromatic rings. The van der Waals surface area contributed by atoms with Gasteiger partial charge in [0.05, 0.1) is 12.0 Å². The van der Waals surface area contributed by atoms with E-state index in [0.29, 0.717) is 6.04 Å². The summed E-state index contributed by atoms with van der Waals surface area (Å²) in [5, 5.41) is 12.2. The largest absolute Gasteiger partial charge is 0.481 e. The van der Waals surface area contributed by atoms with Crippen LogP contribution < -0.4 is 5.32 Å². The van der Waals surface area contributed by atoms with Gasteiger partial charge in [-0.25, -0.2) is 4.79 Å². The van der Waals surface area contributed by atoms with Gasteiger partial charge in [0.25, 0.3) is 0 Å². The van der Waals surface area contributed by atoms with Crippen molar-refractivity contribution >= 4 is 12.0 Å². The van der Waals surface area contributed by atoms with Crippen LogP contribution in [0.3, 0.4) is 0 Å². The zero-order chi connectivity index (χ0) is 14.9. The lowest BCUT2D eigenvalue weighted by molar-refractivity contribution is -0.138. The average Bonchev–Trinajstić information content (AvgIpc) is 3.06. The lowest BCUT2D eigenvalue weighted by atomic mass is 9.93. The molecule has 0 aromatic carbocycles. The van der Waals surface area contributed by atoms with Gasteiger partial charge < -0.3 is 15.3 Å². The molecular formula is C15H25N3O3. The number of hydrogen-bond donors (Lipinski definition) is 2. The van der Waals surface area contributed by atoms with Crippen molar-refractivity contribution in [1.82, 2.24) is 15.1 Å². The number of carboxylic acid groups (broad SMARTS) is 1. The van der Waals surface area contributed by atoms with E-state index >= 15 is 0 Å². The second kappa shape index (κ2) is 5.83. The Morgan fingerprint density at radius 2 is 1.90 bits per heavy atom. The second-order valence-corrected chi connectivity index (χ2v) is 6.77. The summed E-state index contributed by atoms with van der Waals surface area (Å²) in [6.45, 7) is 3.65. The van der Waals surface area contributed by atoms with E-state index in [4.69, 9.17) is 5.11 Å². The first-order valence-corrected chi connectivity index (χ1v) is 8.11. The van der Waals surface area contributed by atoms with Gasteiger partial charge in [0.2, 0.25) is 0 Å². The molecule has 1 aliphatic carbocycles. The fraction of sp³-hybridized carbons (Fsp3) is 0.867. The molecule has 3 rings (SSSR count). The van der Waals surface area contributed by atoms with Crippen LogP contribution in [0.4, 0.5) is 4.79 Å². The van der Waals surface area contributed by atoms with E-state index in [1.54, 1.807) is 0 Å². The molecular weight excluding hydrogens is 270 g/mol. The minimum absolute atomic E-state index is 0.0438. The van der Waals surface area contributed by atoms with Gasteiger partial charge in [0, 0.05) is 25.7 Å². The summed E-state index contributed by atoms with van der Waals surface area (Å²) in [6, 6.07) is 0.438. The molecule has 1 unspecified atom stereocenters. The molecule has 2 N–H and O–H groups in total. The van der Waals surface area contributed by atoms with E-state index in [1.807, 2.05) is 4.90 Å². The third kappa shape index (κ3) is 3.15. The Bertz CT molecular complexity index is 420. The van der Waals surface area contributed by atoms with Crippen molar-refractivity contribution in [3.05, 3.63) is 0 Å². The summed E-state index contributed by atoms with van der Waals surface area (Å²) < 4.78 is 0. The molecule has 6 heteroatoms. The standard InChI is InChI=1S/C15H25N3O3/c19-13(20)10-15(5-1-2-6-15)16-14(21)18-9-8-17-7-3-4-12(17)11-18/h12H,1-11H2,(H,16,21)(H,19,20). The Morgan fingerprint density at radius 3 is 2.62 bits per heavy atom. The number of carbonyl (C=O) groups is 2. The number of nitrogens with one attached hydrogen (secondary N) is 1. The molecule has 1 saturated carbocycles. The fourth-order valence-corrected chi connectivity index (χ4v) is 4.17. The van der Waals surface area contributed by atoms with Crippen LogP contribution in [0.2, 0.25) is 0 Å². The van der Waals surface area contributed by atoms with Gasteiger partial charge >= 0.3 is 12.0 Å². The van der Waals surface area contributed by atoms with Gasteiger partial charge in [-0.15, -0.1) is 0 Å². The molecule has 2 aliphatic heterocycles. The van der Waals surface area contributed by atoms with Gasteiger partial charge in [-0.1, -0.05) is 12.8 Å². The minimum atomic E-state index is -0.821. The van der Waals surface area contributed by atoms with E-state index in [2.05, 4.69) is 10.2 Å². The first kappa shape index (κ1) is 14.6. The number of carboxylic acids is 1. The normalized spacial score (nSPS) is 28.4. The number of aliphatic carboxylic acids is 1. The molecule has 0 radical (unpaired) electrons. The highest BCUT2D eigenvalue weighted by atomic mass is 16.4. The highest BCUT2D eigenvalue weighted by Gasteiger charge is 2.40. The number of amides is 2. The highest BCUT2D eigenvalue weighted by molar-refractivity contribution is 5.77. The maximum atomic E-state index is 12.5. The molecule has 0 bridgehead atoms. The lowest BCUT2D eigenvalue weighted by Crippen LogP contribution is -2.58. The molecule has 118 valence electrons. The van der Waals surface area contributed by atoms with Crippen molar-refractivity contribution in [1.29, 1.82) is 0 Å². The summed E-state index contributed by atoms with van der Waals surface area (Å²) >= 11 is 0. The number of piperazine rings is 1. The number of nitrogens with zero attached hydrogens (tertiary/aromatic N) is 2. The molecule has 21 heavy (non-hydrogen) atoms. The van der Waals surface area contributed by atoms with E-state index < -0.39 is 11.5 Å². The van der Waals surface area contributed by atoms with Crippen molar-refractivity contribution < 1.29 is 14.7 Å². The predicted octanol–water partition coefficient (Wildman–Crippen LogP) is 1.26. The van der Waals surface area contributed by atoms with Crippen LogP contribution in [-0.2, 0) is 4.79 Å². The molecule has 1 atom stereocenters. The maximum Gasteiger partial charge on any atom is 0.317 e. The summed E-state index contributed by atoms with van der Waals surface area (Å²) in [6.07, 6.45) is 6.02. The van der Waals surface area contributed by atoms with Gasteiger partial charge in [0.15, 0.2) is 0 Å². The maximum absolute atomic E-state index is 12.5. The highest BCUT2D eigenvalue weighted by Crippen LogP contribution is 2.33. The van der Waals surface area contributed by atoms with Crippen LogP contribution in [0.5, 0.6) is 0 Å². The molecule has 2 amide bonds. The molecule has 2 heterocycles. The van der Waals surface area contributed by atoms with Crippen LogP contribution in [0.15, 0.2) is 0 Å². The van der Waals surface area contributed by atoms with Gasteiger partial charge in [-0.05, 0) is 32.2 Å². The second-order valence-electron chi connectivity index (χ2n) is 6.77. The Hall–Kier alpha value is -1.30. The van der Waals surface area contributed by atoms with Crippen molar-refractivity contribution in [2.45, 2.75) is 56.5 Å². The smallest absolute Gasteiger partial charge is 0.317 e. The first-order chi connectivity index (χ1) is 10.1. The predicted molar refractivity (Wildman–Crippen MR) is 78.2 cm³/mol. The van der Waals surface area contributed by atoms with Crippen LogP contribution in [-0.4, -0.2) is 64.7 Å². The summed E-state index contributed by atoms with van der Waals surface area (Å²) in [5.41, 5.74) is -0.518. The minimum Gasteiger partial charge on any atom is -0.481 e. The SMILES string of the molecule is O=C(O)CC1(NC(=O)N2CCN3CCCC3C2)CCCC1. The van der Waals surface area contributed by atoms with Crippen LogP contribution in [0.25, 0.3) is 0 Å². The van der Waals surface area contributed by atoms with Gasteiger partial charge in [-0.2, -0.15) is 0 Å². The van der Waals surface area contributed by atoms with Crippen molar-refractivity contribution in [3.8, 4) is 0 Å². The Labute approximate surface area is 125 Å². The molecule has 0 spiro atoms. The Kier molecular flexibility index (Phi) is 4.06. The fourth-order valence-electron chi connectivity index (χ4n) is 4.17. The van der Waals surface area contributed by atoms with E-state index in [9.17, 15) is 9.59 Å². The quantitative estimate of drug-likeness (QED) is 0.822. The molecule has 6 nitrogen and oxygen atoms in total. The summed E-state index contributed by atoms with van der Waals surface area (Å²) in [5.74, 6) is -0.821. The molecule has 0 aromatic heterocycles. The number of urea groups is 1. The number of fused-ring (bicyclic) bond motifs is 1. The van der Waals surface area contributed by atoms with Crippen molar-refractivity contribution in [2.75, 3.05) is 26.2 Å². The first-order valence-electron chi connectivity index (χ1n) is 8.11.